The monoisotopic (exact) mass is 357 g/mol. The zero-order valence-corrected chi connectivity index (χ0v) is 16.9. The Labute approximate surface area is 154 Å². The molecule has 2 aromatic rings. The molecule has 25 heavy (non-hydrogen) atoms. The number of carbonyl (C=O) groups is 1. The van der Waals surface area contributed by atoms with Gasteiger partial charge in [-0.1, -0.05) is 43.8 Å². The van der Waals surface area contributed by atoms with Gasteiger partial charge >= 0.3 is 0 Å². The molecule has 5 heteroatoms. The molecule has 0 aliphatic rings. The number of aryl methyl sites for hydroxylation is 3. The van der Waals surface area contributed by atoms with Crippen LogP contribution in [0.3, 0.4) is 0 Å². The maximum Gasteiger partial charge on any atom is 0.237 e. The van der Waals surface area contributed by atoms with Crippen molar-refractivity contribution in [2.75, 3.05) is 5.32 Å². The lowest BCUT2D eigenvalue weighted by atomic mass is 9.98. The van der Waals surface area contributed by atoms with Crippen molar-refractivity contribution < 1.29 is 4.79 Å². The molecule has 1 aromatic carbocycles. The van der Waals surface area contributed by atoms with E-state index in [0.717, 1.165) is 33.8 Å². The molecule has 2 rings (SSSR count). The quantitative estimate of drug-likeness (QED) is 0.607. The van der Waals surface area contributed by atoms with Crippen molar-refractivity contribution in [3.05, 3.63) is 46.3 Å². The normalized spacial score (nSPS) is 12.3. The first-order valence-corrected chi connectivity index (χ1v) is 9.47. The number of amides is 1. The number of aromatic nitrogens is 2. The van der Waals surface area contributed by atoms with Gasteiger partial charge in [-0.25, -0.2) is 9.97 Å². The van der Waals surface area contributed by atoms with E-state index in [1.807, 2.05) is 46.8 Å². The molecule has 0 spiro atoms. The van der Waals surface area contributed by atoms with Crippen molar-refractivity contribution in [1.29, 1.82) is 0 Å². The molecule has 0 unspecified atom stereocenters. The number of nitrogens with one attached hydrogen (secondary N) is 1. The fourth-order valence-electron chi connectivity index (χ4n) is 2.57. The van der Waals surface area contributed by atoms with Gasteiger partial charge in [0.25, 0.3) is 0 Å². The minimum Gasteiger partial charge on any atom is -0.325 e. The number of hydrogen-bond acceptors (Lipinski definition) is 4. The van der Waals surface area contributed by atoms with Gasteiger partial charge in [0.2, 0.25) is 5.91 Å². The van der Waals surface area contributed by atoms with Crippen LogP contribution in [0.1, 0.15) is 54.8 Å². The Bertz CT molecular complexity index is 764. The van der Waals surface area contributed by atoms with Gasteiger partial charge in [-0.3, -0.25) is 4.79 Å². The summed E-state index contributed by atoms with van der Waals surface area (Å²) in [6.45, 7) is 14.1. The standard InChI is InChI=1S/C20H27N3OS/c1-11(2)17-10-8-9-12(3)18(17)23-19(24)16(7)25-20-21-14(5)13(4)15(6)22-20/h8-11,16H,1-7H3,(H,23,24)/t16-/m1/s1. The highest BCUT2D eigenvalue weighted by molar-refractivity contribution is 8.00. The highest BCUT2D eigenvalue weighted by Gasteiger charge is 2.19. The summed E-state index contributed by atoms with van der Waals surface area (Å²) in [6, 6.07) is 6.13. The van der Waals surface area contributed by atoms with Crippen molar-refractivity contribution in [3.63, 3.8) is 0 Å². The lowest BCUT2D eigenvalue weighted by Gasteiger charge is -2.18. The summed E-state index contributed by atoms with van der Waals surface area (Å²) in [4.78, 5) is 21.7. The topological polar surface area (TPSA) is 54.9 Å². The molecular weight excluding hydrogens is 330 g/mol. The maximum atomic E-state index is 12.7. The van der Waals surface area contributed by atoms with E-state index >= 15 is 0 Å². The van der Waals surface area contributed by atoms with Gasteiger partial charge < -0.3 is 5.32 Å². The molecule has 0 saturated carbocycles. The van der Waals surface area contributed by atoms with Crippen LogP contribution in [0.2, 0.25) is 0 Å². The van der Waals surface area contributed by atoms with Gasteiger partial charge in [0.05, 0.1) is 5.25 Å². The predicted octanol–water partition coefficient (Wildman–Crippen LogP) is 4.95. The van der Waals surface area contributed by atoms with E-state index in [9.17, 15) is 4.79 Å². The maximum absolute atomic E-state index is 12.7. The first-order valence-electron chi connectivity index (χ1n) is 8.59. The average molecular weight is 358 g/mol. The van der Waals surface area contributed by atoms with Crippen LogP contribution < -0.4 is 5.32 Å². The van der Waals surface area contributed by atoms with Crippen LogP contribution >= 0.6 is 11.8 Å². The Hall–Kier alpha value is -1.88. The van der Waals surface area contributed by atoms with Gasteiger partial charge in [0.1, 0.15) is 0 Å². The van der Waals surface area contributed by atoms with E-state index in [-0.39, 0.29) is 11.2 Å². The summed E-state index contributed by atoms with van der Waals surface area (Å²) in [5.41, 5.74) is 6.18. The number of carbonyl (C=O) groups excluding carboxylic acids is 1. The highest BCUT2D eigenvalue weighted by atomic mass is 32.2. The van der Waals surface area contributed by atoms with Crippen molar-refractivity contribution in [2.45, 2.75) is 64.8 Å². The largest absolute Gasteiger partial charge is 0.325 e. The Balaban J connectivity index is 2.17. The van der Waals surface area contributed by atoms with Gasteiger partial charge in [0, 0.05) is 17.1 Å². The van der Waals surface area contributed by atoms with Gasteiger partial charge in [0.15, 0.2) is 5.16 Å². The average Bonchev–Trinajstić information content (AvgIpc) is 2.53. The smallest absolute Gasteiger partial charge is 0.237 e. The fraction of sp³-hybridized carbons (Fsp3) is 0.450. The highest BCUT2D eigenvalue weighted by Crippen LogP contribution is 2.29. The van der Waals surface area contributed by atoms with Gasteiger partial charge in [-0.15, -0.1) is 0 Å². The van der Waals surface area contributed by atoms with Crippen molar-refractivity contribution >= 4 is 23.4 Å². The van der Waals surface area contributed by atoms with E-state index in [4.69, 9.17) is 0 Å². The SMILES string of the molecule is Cc1cccc(C(C)C)c1NC(=O)[C@@H](C)Sc1nc(C)c(C)c(C)n1. The Morgan fingerprint density at radius 2 is 1.64 bits per heavy atom. The number of nitrogens with zero attached hydrogens (tertiary/aromatic N) is 2. The number of hydrogen-bond donors (Lipinski definition) is 1. The minimum absolute atomic E-state index is 0.0271. The first-order chi connectivity index (χ1) is 11.7. The second-order valence-electron chi connectivity index (χ2n) is 6.75. The van der Waals surface area contributed by atoms with E-state index in [2.05, 4.69) is 35.2 Å². The summed E-state index contributed by atoms with van der Waals surface area (Å²) in [6.07, 6.45) is 0. The first kappa shape index (κ1) is 19.4. The molecular formula is C20H27N3OS. The number of rotatable bonds is 5. The Morgan fingerprint density at radius 1 is 1.04 bits per heavy atom. The third-order valence-corrected chi connectivity index (χ3v) is 5.40. The lowest BCUT2D eigenvalue weighted by Crippen LogP contribution is -2.24. The molecule has 1 aromatic heterocycles. The van der Waals surface area contributed by atoms with Crippen LogP contribution in [0.4, 0.5) is 5.69 Å². The molecule has 0 aliphatic heterocycles. The van der Waals surface area contributed by atoms with Crippen LogP contribution in [-0.4, -0.2) is 21.1 Å². The Morgan fingerprint density at radius 3 is 2.20 bits per heavy atom. The van der Waals surface area contributed by atoms with Crippen molar-refractivity contribution in [1.82, 2.24) is 9.97 Å². The Kier molecular flexibility index (Phi) is 6.22. The molecule has 0 fully saturated rings. The van der Waals surface area contributed by atoms with Crippen molar-refractivity contribution in [3.8, 4) is 0 Å². The second-order valence-corrected chi connectivity index (χ2v) is 8.05. The minimum atomic E-state index is -0.277. The second kappa shape index (κ2) is 8.00. The van der Waals surface area contributed by atoms with Gasteiger partial charge in [-0.2, -0.15) is 0 Å². The van der Waals surface area contributed by atoms with Gasteiger partial charge in [-0.05, 0) is 57.2 Å². The van der Waals surface area contributed by atoms with Crippen LogP contribution in [-0.2, 0) is 4.79 Å². The third-order valence-electron chi connectivity index (χ3n) is 4.44. The van der Waals surface area contributed by atoms with Crippen LogP contribution in [0.25, 0.3) is 0 Å². The lowest BCUT2D eigenvalue weighted by molar-refractivity contribution is -0.115. The van der Waals surface area contributed by atoms with Crippen LogP contribution in [0.15, 0.2) is 23.4 Å². The summed E-state index contributed by atoms with van der Waals surface area (Å²) < 4.78 is 0. The molecule has 0 radical (unpaired) electrons. The molecule has 134 valence electrons. The molecule has 1 heterocycles. The van der Waals surface area contributed by atoms with E-state index in [1.165, 1.54) is 11.8 Å². The number of anilines is 1. The molecule has 4 nitrogen and oxygen atoms in total. The zero-order valence-electron chi connectivity index (χ0n) is 16.1. The molecule has 0 bridgehead atoms. The predicted molar refractivity (Wildman–Crippen MR) is 105 cm³/mol. The molecule has 1 N–H and O–H groups in total. The summed E-state index contributed by atoms with van der Waals surface area (Å²) >= 11 is 1.39. The molecule has 0 saturated heterocycles. The summed E-state index contributed by atoms with van der Waals surface area (Å²) in [5.74, 6) is 0.324. The van der Waals surface area contributed by atoms with E-state index in [1.54, 1.807) is 0 Å². The van der Waals surface area contributed by atoms with Crippen LogP contribution in [0.5, 0.6) is 0 Å². The zero-order chi connectivity index (χ0) is 18.7. The molecule has 1 atom stereocenters. The van der Waals surface area contributed by atoms with Crippen LogP contribution in [0, 0.1) is 27.7 Å². The summed E-state index contributed by atoms with van der Waals surface area (Å²) in [7, 11) is 0. The number of benzene rings is 1. The molecule has 1 amide bonds. The summed E-state index contributed by atoms with van der Waals surface area (Å²) in [5, 5.41) is 3.48. The number of thioether (sulfide) groups is 1. The number of para-hydroxylation sites is 1. The molecule has 0 aliphatic carbocycles. The fourth-order valence-corrected chi connectivity index (χ4v) is 3.43. The van der Waals surface area contributed by atoms with E-state index < -0.39 is 0 Å². The van der Waals surface area contributed by atoms with E-state index in [0.29, 0.717) is 11.1 Å². The third kappa shape index (κ3) is 4.60. The van der Waals surface area contributed by atoms with Crippen molar-refractivity contribution in [2.24, 2.45) is 0 Å².